The summed E-state index contributed by atoms with van der Waals surface area (Å²) < 4.78 is 0. The van der Waals surface area contributed by atoms with E-state index in [1.54, 1.807) is 49.3 Å². The number of amides is 1. The number of fused-ring (bicyclic) bond motifs is 2. The minimum Gasteiger partial charge on any atom is -0.478 e. The molecule has 180 valence electrons. The van der Waals surface area contributed by atoms with Gasteiger partial charge >= 0.3 is 5.97 Å². The van der Waals surface area contributed by atoms with Crippen LogP contribution in [0, 0.1) is 0 Å². The average Bonchev–Trinajstić information content (AvgIpc) is 3.43. The highest BCUT2D eigenvalue weighted by atomic mass is 35.5. The summed E-state index contributed by atoms with van der Waals surface area (Å²) in [6.45, 7) is 0. The van der Waals surface area contributed by atoms with Crippen LogP contribution in [-0.2, 0) is 35.4 Å². The number of carboxylic acids is 1. The molecule has 7 nitrogen and oxygen atoms in total. The third kappa shape index (κ3) is 7.54. The smallest absolute Gasteiger partial charge is 0.336 e. The van der Waals surface area contributed by atoms with E-state index >= 15 is 0 Å². The number of hydrogen-bond donors (Lipinski definition) is 2. The Morgan fingerprint density at radius 3 is 1.81 bits per heavy atom. The van der Waals surface area contributed by atoms with Crippen LogP contribution in [0.15, 0.2) is 10.8 Å². The molecule has 0 spiro atoms. The maximum absolute atomic E-state index is 11.9. The predicted molar refractivity (Wildman–Crippen MR) is 131 cm³/mol. The zero-order valence-electron chi connectivity index (χ0n) is 19.1. The first-order valence-electron chi connectivity index (χ1n) is 10.4. The number of aryl methyl sites for hydroxylation is 2. The number of hydroxylamine groups is 3. The van der Waals surface area contributed by atoms with E-state index in [2.05, 4.69) is 10.3 Å². The van der Waals surface area contributed by atoms with Gasteiger partial charge in [-0.1, -0.05) is 0 Å². The molecule has 32 heavy (non-hydrogen) atoms. The van der Waals surface area contributed by atoms with E-state index < -0.39 is 5.97 Å². The number of carboxylic acid groups (broad SMARTS) is 1. The second-order valence-electron chi connectivity index (χ2n) is 7.22. The number of halogens is 1. The van der Waals surface area contributed by atoms with Gasteiger partial charge in [0.05, 0.1) is 25.3 Å². The normalized spacial score (nSPS) is 13.8. The van der Waals surface area contributed by atoms with E-state index in [1.807, 2.05) is 5.38 Å². The third-order valence-corrected chi connectivity index (χ3v) is 7.52. The van der Waals surface area contributed by atoms with Crippen LogP contribution in [0.1, 0.15) is 67.3 Å². The van der Waals surface area contributed by atoms with Crippen molar-refractivity contribution in [1.82, 2.24) is 10.5 Å². The molecule has 2 aliphatic carbocycles. The molecule has 1 amide bonds. The molecular formula is C22H33ClN2O5S2. The fourth-order valence-corrected chi connectivity index (χ4v) is 5.84. The number of carbonyl (C=O) groups excluding carboxylic acids is 1. The number of aromatic carboxylic acids is 1. The zero-order chi connectivity index (χ0) is 22.8. The summed E-state index contributed by atoms with van der Waals surface area (Å²) in [4.78, 5) is 34.5. The second kappa shape index (κ2) is 14.6. The third-order valence-electron chi connectivity index (χ3n) is 5.35. The molecule has 2 aromatic rings. The van der Waals surface area contributed by atoms with Crippen molar-refractivity contribution < 1.29 is 24.4 Å². The molecule has 0 aliphatic heterocycles. The fraction of sp³-hybridized carbons (Fsp3) is 0.545. The maximum atomic E-state index is 11.9. The first kappa shape index (κ1) is 28.5. The van der Waals surface area contributed by atoms with Gasteiger partial charge in [0.15, 0.2) is 0 Å². The molecule has 2 aliphatic rings. The summed E-state index contributed by atoms with van der Waals surface area (Å²) in [6, 6.07) is 0. The fourth-order valence-electron chi connectivity index (χ4n) is 3.60. The van der Waals surface area contributed by atoms with Crippen LogP contribution in [0.5, 0.6) is 0 Å². The van der Waals surface area contributed by atoms with Crippen molar-refractivity contribution in [2.75, 3.05) is 28.3 Å². The molecule has 0 atom stereocenters. The number of nitrogens with zero attached hydrogens (tertiary/aromatic N) is 1. The molecule has 0 bridgehead atoms. The quantitative estimate of drug-likeness (QED) is 0.583. The van der Waals surface area contributed by atoms with Crippen molar-refractivity contribution >= 4 is 47.0 Å². The highest BCUT2D eigenvalue weighted by Crippen LogP contribution is 2.31. The minimum absolute atomic E-state index is 0. The molecule has 0 fully saturated rings. The molecule has 0 radical (unpaired) electrons. The van der Waals surface area contributed by atoms with Gasteiger partial charge in [-0.3, -0.25) is 9.63 Å². The first-order valence-corrected chi connectivity index (χ1v) is 12.1. The molecule has 2 heterocycles. The number of carbonyl (C=O) groups is 2. The summed E-state index contributed by atoms with van der Waals surface area (Å²) in [5.41, 5.74) is 6.15. The largest absolute Gasteiger partial charge is 0.478 e. The summed E-state index contributed by atoms with van der Waals surface area (Å²) in [7, 11) is 6.44. The SMILES string of the molecule is CNOC.CON(C)C(=O)c1csc2c1CCCC2.Cl.O=C(O)c1csc2c1CCCC2. The Morgan fingerprint density at radius 2 is 1.38 bits per heavy atom. The molecule has 0 saturated carbocycles. The van der Waals surface area contributed by atoms with Gasteiger partial charge in [-0.25, -0.2) is 15.3 Å². The summed E-state index contributed by atoms with van der Waals surface area (Å²) in [5.74, 6) is -0.800. The lowest BCUT2D eigenvalue weighted by molar-refractivity contribution is -0.0757. The van der Waals surface area contributed by atoms with Gasteiger partial charge in [0.25, 0.3) is 5.91 Å². The molecular weight excluding hydrogens is 472 g/mol. The average molecular weight is 505 g/mol. The molecule has 2 N–H and O–H groups in total. The monoisotopic (exact) mass is 504 g/mol. The van der Waals surface area contributed by atoms with Gasteiger partial charge in [0.1, 0.15) is 0 Å². The van der Waals surface area contributed by atoms with Crippen molar-refractivity contribution in [3.05, 3.63) is 42.8 Å². The van der Waals surface area contributed by atoms with Crippen molar-refractivity contribution in [1.29, 1.82) is 0 Å². The molecule has 0 unspecified atom stereocenters. The summed E-state index contributed by atoms with van der Waals surface area (Å²) in [6.07, 6.45) is 9.01. The van der Waals surface area contributed by atoms with Crippen LogP contribution in [0.4, 0.5) is 0 Å². The molecule has 10 heteroatoms. The van der Waals surface area contributed by atoms with Crippen molar-refractivity contribution in [3.8, 4) is 0 Å². The summed E-state index contributed by atoms with van der Waals surface area (Å²) in [5, 5.41) is 13.9. The Balaban J connectivity index is 0.000000272. The highest BCUT2D eigenvalue weighted by molar-refractivity contribution is 7.10. The van der Waals surface area contributed by atoms with E-state index in [0.29, 0.717) is 5.56 Å². The van der Waals surface area contributed by atoms with Crippen LogP contribution < -0.4 is 5.48 Å². The lowest BCUT2D eigenvalue weighted by atomic mass is 9.96. The van der Waals surface area contributed by atoms with E-state index in [1.165, 1.54) is 46.8 Å². The molecule has 0 saturated heterocycles. The van der Waals surface area contributed by atoms with Crippen molar-refractivity contribution in [2.45, 2.75) is 51.4 Å². The van der Waals surface area contributed by atoms with Crippen molar-refractivity contribution in [3.63, 3.8) is 0 Å². The van der Waals surface area contributed by atoms with Crippen LogP contribution in [0.25, 0.3) is 0 Å². The van der Waals surface area contributed by atoms with Crippen LogP contribution in [0.3, 0.4) is 0 Å². The zero-order valence-corrected chi connectivity index (χ0v) is 21.5. The highest BCUT2D eigenvalue weighted by Gasteiger charge is 2.22. The Bertz CT molecular complexity index is 867. The van der Waals surface area contributed by atoms with E-state index in [4.69, 9.17) is 9.94 Å². The Morgan fingerprint density at radius 1 is 0.938 bits per heavy atom. The van der Waals surface area contributed by atoms with E-state index in [-0.39, 0.29) is 18.3 Å². The van der Waals surface area contributed by atoms with Gasteiger partial charge in [-0.05, 0) is 62.5 Å². The van der Waals surface area contributed by atoms with Crippen LogP contribution in [0.2, 0.25) is 0 Å². The Kier molecular flexibility index (Phi) is 13.0. The van der Waals surface area contributed by atoms with Gasteiger partial charge in [-0.2, -0.15) is 0 Å². The van der Waals surface area contributed by atoms with Crippen molar-refractivity contribution in [2.24, 2.45) is 0 Å². The van der Waals surface area contributed by atoms with E-state index in [9.17, 15) is 9.59 Å². The predicted octanol–water partition coefficient (Wildman–Crippen LogP) is 4.77. The van der Waals surface area contributed by atoms with Gasteiger partial charge in [0, 0.05) is 34.6 Å². The Labute approximate surface area is 204 Å². The van der Waals surface area contributed by atoms with E-state index in [0.717, 1.165) is 43.2 Å². The summed E-state index contributed by atoms with van der Waals surface area (Å²) >= 11 is 3.30. The number of rotatable bonds is 4. The number of thiophene rings is 2. The number of nitrogens with one attached hydrogen (secondary N) is 1. The topological polar surface area (TPSA) is 88.1 Å². The molecule has 0 aromatic carbocycles. The van der Waals surface area contributed by atoms with Crippen LogP contribution in [-0.4, -0.2) is 50.4 Å². The first-order chi connectivity index (χ1) is 14.9. The Hall–Kier alpha value is -1.49. The maximum Gasteiger partial charge on any atom is 0.336 e. The lowest BCUT2D eigenvalue weighted by Gasteiger charge is -2.16. The second-order valence-corrected chi connectivity index (χ2v) is 9.14. The number of hydrogen-bond acceptors (Lipinski definition) is 7. The standard InChI is InChI=1S/C11H15NO2S.C9H10O2S.C2H7NO.ClH/c1-12(14-2)11(13)9-7-15-10-6-4-3-5-8(9)10;10-9(11)7-5-12-8-4-2-1-3-6(7)8;1-3-4-2;/h7H,3-6H2,1-2H3;5H,1-4H2,(H,10,11);3H,1-2H3;1H. The van der Waals surface area contributed by atoms with Gasteiger partial charge in [-0.15, -0.1) is 35.1 Å². The lowest BCUT2D eigenvalue weighted by Crippen LogP contribution is -2.26. The molecule has 4 rings (SSSR count). The van der Waals surface area contributed by atoms with Crippen LogP contribution >= 0.6 is 35.1 Å². The van der Waals surface area contributed by atoms with Gasteiger partial charge in [0.2, 0.25) is 0 Å². The minimum atomic E-state index is -0.769. The van der Waals surface area contributed by atoms with Gasteiger partial charge < -0.3 is 9.94 Å². The molecule has 2 aromatic heterocycles.